The Balaban J connectivity index is 1.88. The molecule has 1 aliphatic carbocycles. The Labute approximate surface area is 167 Å². The number of hydrogen-bond donors (Lipinski definition) is 2. The number of carbonyl (C=O) groups excluding carboxylic acids is 2. The van der Waals surface area contributed by atoms with Crippen molar-refractivity contribution in [2.45, 2.75) is 6.92 Å². The van der Waals surface area contributed by atoms with Crippen molar-refractivity contribution in [1.29, 1.82) is 5.26 Å². The quantitative estimate of drug-likeness (QED) is 0.474. The van der Waals surface area contributed by atoms with Crippen molar-refractivity contribution < 1.29 is 9.59 Å². The average molecular weight is 435 g/mol. The monoisotopic (exact) mass is 434 g/mol. The first-order chi connectivity index (χ1) is 13.5. The number of rotatable bonds is 3. The summed E-state index contributed by atoms with van der Waals surface area (Å²) in [7, 11) is 0. The molecule has 1 aromatic heterocycles. The van der Waals surface area contributed by atoms with Gasteiger partial charge in [-0.25, -0.2) is 0 Å². The Kier molecular flexibility index (Phi) is 4.33. The highest BCUT2D eigenvalue weighted by atomic mass is 79.9. The third-order valence-electron chi connectivity index (χ3n) is 4.41. The smallest absolute Gasteiger partial charge is 0.216 e. The number of benzene rings is 2. The van der Waals surface area contributed by atoms with E-state index in [0.717, 1.165) is 5.56 Å². The molecule has 3 aromatic rings. The number of carbonyl (C=O) groups is 2. The Morgan fingerprint density at radius 1 is 1.21 bits per heavy atom. The van der Waals surface area contributed by atoms with Crippen molar-refractivity contribution in [2.24, 2.45) is 0 Å². The molecule has 0 amide bonds. The van der Waals surface area contributed by atoms with Crippen molar-refractivity contribution in [3.8, 4) is 6.07 Å². The normalized spacial score (nSPS) is 13.0. The number of halogens is 1. The molecular formula is C19H11BrN6O2. The van der Waals surface area contributed by atoms with Gasteiger partial charge in [0.15, 0.2) is 11.6 Å². The molecule has 2 aromatic carbocycles. The molecule has 0 unspecified atom stereocenters. The van der Waals surface area contributed by atoms with E-state index in [1.165, 1.54) is 6.20 Å². The van der Waals surface area contributed by atoms with E-state index in [1.807, 2.05) is 6.07 Å². The number of nitrogens with one attached hydrogen (secondary N) is 2. The zero-order chi connectivity index (χ0) is 19.8. The Morgan fingerprint density at radius 3 is 2.50 bits per heavy atom. The first kappa shape index (κ1) is 17.8. The van der Waals surface area contributed by atoms with Crippen molar-refractivity contribution in [3.63, 3.8) is 0 Å². The van der Waals surface area contributed by atoms with Gasteiger partial charge >= 0.3 is 0 Å². The highest BCUT2D eigenvalue weighted by Crippen LogP contribution is 2.38. The third kappa shape index (κ3) is 2.71. The first-order valence-corrected chi connectivity index (χ1v) is 8.94. The zero-order valence-electron chi connectivity index (χ0n) is 14.4. The lowest BCUT2D eigenvalue weighted by Gasteiger charge is -2.23. The second-order valence-corrected chi connectivity index (χ2v) is 6.91. The topological polar surface area (TPSA) is 124 Å². The van der Waals surface area contributed by atoms with E-state index in [0.29, 0.717) is 26.9 Å². The number of tetrazole rings is 1. The highest BCUT2D eigenvalue weighted by molar-refractivity contribution is 9.10. The molecule has 0 saturated heterocycles. The minimum absolute atomic E-state index is 0.117. The number of aromatic nitrogens is 4. The average Bonchev–Trinajstić information content (AvgIpc) is 3.22. The summed E-state index contributed by atoms with van der Waals surface area (Å²) < 4.78 is 0.543. The fourth-order valence-electron chi connectivity index (χ4n) is 3.13. The van der Waals surface area contributed by atoms with E-state index < -0.39 is 0 Å². The van der Waals surface area contributed by atoms with Crippen LogP contribution in [0.1, 0.15) is 43.2 Å². The SMILES string of the molecule is Cc1cc(Br)c2c(c1NC=C(C#N)c1nn[nH]n1)C(=O)c1ccccc1C2=O. The van der Waals surface area contributed by atoms with Gasteiger partial charge in [-0.2, -0.15) is 10.5 Å². The minimum Gasteiger partial charge on any atom is -0.359 e. The second kappa shape index (κ2) is 6.83. The van der Waals surface area contributed by atoms with Gasteiger partial charge in [0.1, 0.15) is 11.6 Å². The van der Waals surface area contributed by atoms with Crippen LogP contribution in [0.3, 0.4) is 0 Å². The predicted molar refractivity (Wildman–Crippen MR) is 104 cm³/mol. The van der Waals surface area contributed by atoms with Crippen molar-refractivity contribution >= 4 is 38.8 Å². The third-order valence-corrected chi connectivity index (χ3v) is 5.04. The number of aromatic amines is 1. The predicted octanol–water partition coefficient (Wildman–Crippen LogP) is 3.02. The highest BCUT2D eigenvalue weighted by Gasteiger charge is 2.34. The van der Waals surface area contributed by atoms with Crippen molar-refractivity contribution in [2.75, 3.05) is 5.32 Å². The van der Waals surface area contributed by atoms with Gasteiger partial charge in [0, 0.05) is 21.8 Å². The Hall–Kier alpha value is -3.64. The standard InChI is InChI=1S/C19H11BrN6O2/c1-9-6-13(20)14-15(18(28)12-5-3-2-4-11(12)17(14)27)16(9)22-8-10(7-21)19-23-25-26-24-19/h2-6,8,22H,1H3,(H,23,24,25,26). The molecule has 0 saturated carbocycles. The number of fused-ring (bicyclic) bond motifs is 2. The van der Waals surface area contributed by atoms with Gasteiger partial charge in [0.25, 0.3) is 0 Å². The fraction of sp³-hybridized carbons (Fsp3) is 0.0526. The molecule has 0 radical (unpaired) electrons. The maximum Gasteiger partial charge on any atom is 0.216 e. The lowest BCUT2D eigenvalue weighted by molar-refractivity contribution is 0.0979. The van der Waals surface area contributed by atoms with Crippen LogP contribution in [0.25, 0.3) is 5.57 Å². The minimum atomic E-state index is -0.261. The van der Waals surface area contributed by atoms with Crippen LogP contribution in [0.4, 0.5) is 5.69 Å². The molecule has 2 N–H and O–H groups in total. The summed E-state index contributed by atoms with van der Waals surface area (Å²) in [6.07, 6.45) is 1.39. The molecule has 1 heterocycles. The number of nitriles is 1. The van der Waals surface area contributed by atoms with E-state index in [2.05, 4.69) is 41.9 Å². The maximum absolute atomic E-state index is 13.2. The summed E-state index contributed by atoms with van der Waals surface area (Å²) in [5, 5.41) is 25.6. The Bertz CT molecular complexity index is 1210. The summed E-state index contributed by atoms with van der Waals surface area (Å²) in [6.45, 7) is 1.81. The van der Waals surface area contributed by atoms with Crippen LogP contribution in [0.2, 0.25) is 0 Å². The van der Waals surface area contributed by atoms with Crippen molar-refractivity contribution in [3.05, 3.63) is 74.6 Å². The van der Waals surface area contributed by atoms with Gasteiger partial charge in [-0.3, -0.25) is 9.59 Å². The van der Waals surface area contributed by atoms with Crippen LogP contribution in [0.15, 0.2) is 41.0 Å². The van der Waals surface area contributed by atoms with Crippen LogP contribution in [0, 0.1) is 18.3 Å². The number of aryl methyl sites for hydroxylation is 1. The van der Waals surface area contributed by atoms with Crippen molar-refractivity contribution in [1.82, 2.24) is 20.6 Å². The number of H-pyrrole nitrogens is 1. The number of anilines is 1. The zero-order valence-corrected chi connectivity index (χ0v) is 16.0. The molecule has 136 valence electrons. The molecule has 0 bridgehead atoms. The van der Waals surface area contributed by atoms with Crippen LogP contribution >= 0.6 is 15.9 Å². The largest absolute Gasteiger partial charge is 0.359 e. The van der Waals surface area contributed by atoms with Crippen LogP contribution in [-0.4, -0.2) is 32.2 Å². The molecule has 1 aliphatic rings. The molecular weight excluding hydrogens is 424 g/mol. The van der Waals surface area contributed by atoms with Gasteiger partial charge in [-0.05, 0) is 39.7 Å². The molecule has 0 spiro atoms. The number of allylic oxidation sites excluding steroid dienone is 1. The van der Waals surface area contributed by atoms with Crippen LogP contribution in [0.5, 0.6) is 0 Å². The van der Waals surface area contributed by atoms with Crippen LogP contribution in [-0.2, 0) is 0 Å². The lowest BCUT2D eigenvalue weighted by Crippen LogP contribution is -2.23. The van der Waals surface area contributed by atoms with Crippen LogP contribution < -0.4 is 5.32 Å². The van der Waals surface area contributed by atoms with E-state index in [-0.39, 0.29) is 28.5 Å². The molecule has 0 aliphatic heterocycles. The number of ketones is 2. The molecule has 0 fully saturated rings. The van der Waals surface area contributed by atoms with Gasteiger partial charge in [-0.1, -0.05) is 24.3 Å². The molecule has 28 heavy (non-hydrogen) atoms. The summed E-state index contributed by atoms with van der Waals surface area (Å²) in [5.41, 5.74) is 2.58. The molecule has 0 atom stereocenters. The summed E-state index contributed by atoms with van der Waals surface area (Å²) in [6, 6.07) is 10.5. The van der Waals surface area contributed by atoms with E-state index >= 15 is 0 Å². The maximum atomic E-state index is 13.2. The van der Waals surface area contributed by atoms with Gasteiger partial charge in [0.05, 0.1) is 16.8 Å². The van der Waals surface area contributed by atoms with E-state index in [4.69, 9.17) is 0 Å². The summed E-state index contributed by atoms with van der Waals surface area (Å²) in [4.78, 5) is 26.2. The molecule has 8 nitrogen and oxygen atoms in total. The van der Waals surface area contributed by atoms with Gasteiger partial charge in [-0.15, -0.1) is 10.2 Å². The van der Waals surface area contributed by atoms with Gasteiger partial charge < -0.3 is 5.32 Å². The Morgan fingerprint density at radius 2 is 1.89 bits per heavy atom. The summed E-state index contributed by atoms with van der Waals surface area (Å²) >= 11 is 3.41. The molecule has 4 rings (SSSR count). The van der Waals surface area contributed by atoms with E-state index in [9.17, 15) is 14.9 Å². The first-order valence-electron chi connectivity index (χ1n) is 8.15. The summed E-state index contributed by atoms with van der Waals surface area (Å²) in [5.74, 6) is -0.377. The number of nitrogens with zero attached hydrogens (tertiary/aromatic N) is 4. The van der Waals surface area contributed by atoms with Gasteiger partial charge in [0.2, 0.25) is 5.82 Å². The van der Waals surface area contributed by atoms with E-state index in [1.54, 1.807) is 37.3 Å². The number of hydrogen-bond acceptors (Lipinski definition) is 7. The molecule has 9 heteroatoms. The second-order valence-electron chi connectivity index (χ2n) is 6.05. The lowest BCUT2D eigenvalue weighted by atomic mass is 9.82. The fourth-order valence-corrected chi connectivity index (χ4v) is 3.85.